The molecular formula is C14H17BrFNO3. The van der Waals surface area contributed by atoms with Crippen molar-refractivity contribution in [3.8, 4) is 0 Å². The highest BCUT2D eigenvalue weighted by Crippen LogP contribution is 2.32. The average Bonchev–Trinajstić information content (AvgIpc) is 2.40. The van der Waals surface area contributed by atoms with Gasteiger partial charge in [-0.2, -0.15) is 0 Å². The maximum Gasteiger partial charge on any atom is 0.310 e. The lowest BCUT2D eigenvalue weighted by Crippen LogP contribution is -2.34. The Kier molecular flexibility index (Phi) is 5.68. The molecule has 0 heterocycles. The van der Waals surface area contributed by atoms with Gasteiger partial charge in [0.2, 0.25) is 5.91 Å². The predicted molar refractivity (Wildman–Crippen MR) is 78.0 cm³/mol. The van der Waals surface area contributed by atoms with E-state index < -0.39 is 23.1 Å². The Bertz CT molecular complexity index is 495. The average molecular weight is 346 g/mol. The molecule has 0 bridgehead atoms. The highest BCUT2D eigenvalue weighted by molar-refractivity contribution is 9.10. The van der Waals surface area contributed by atoms with Gasteiger partial charge in [-0.25, -0.2) is 4.39 Å². The van der Waals surface area contributed by atoms with Crippen molar-refractivity contribution in [1.82, 2.24) is 0 Å². The molecule has 1 amide bonds. The Morgan fingerprint density at radius 1 is 1.35 bits per heavy atom. The van der Waals surface area contributed by atoms with Crippen molar-refractivity contribution in [1.29, 1.82) is 0 Å². The number of anilines is 1. The van der Waals surface area contributed by atoms with E-state index in [1.807, 2.05) is 0 Å². The van der Waals surface area contributed by atoms with Gasteiger partial charge < -0.3 is 10.4 Å². The number of aliphatic carboxylic acids is 1. The molecule has 0 fully saturated rings. The molecule has 0 spiro atoms. The van der Waals surface area contributed by atoms with E-state index >= 15 is 0 Å². The first-order valence-corrected chi connectivity index (χ1v) is 7.13. The molecule has 0 radical (unpaired) electrons. The van der Waals surface area contributed by atoms with Gasteiger partial charge in [0.05, 0.1) is 11.1 Å². The number of nitrogens with one attached hydrogen (secondary N) is 1. The number of para-hydroxylation sites is 1. The lowest BCUT2D eigenvalue weighted by Gasteiger charge is -2.26. The number of hydrogen-bond donors (Lipinski definition) is 2. The molecule has 6 heteroatoms. The summed E-state index contributed by atoms with van der Waals surface area (Å²) in [6, 6.07) is 4.34. The van der Waals surface area contributed by atoms with Crippen LogP contribution >= 0.6 is 15.9 Å². The molecule has 1 aromatic carbocycles. The van der Waals surface area contributed by atoms with E-state index in [9.17, 15) is 19.1 Å². The first-order valence-electron chi connectivity index (χ1n) is 6.33. The van der Waals surface area contributed by atoms with Crippen molar-refractivity contribution in [2.24, 2.45) is 5.41 Å². The molecule has 0 saturated carbocycles. The summed E-state index contributed by atoms with van der Waals surface area (Å²) in [6.07, 6.45) is 0.492. The minimum absolute atomic E-state index is 0.0315. The Morgan fingerprint density at radius 3 is 2.40 bits per heavy atom. The Morgan fingerprint density at radius 2 is 1.95 bits per heavy atom. The van der Waals surface area contributed by atoms with E-state index in [0.717, 1.165) is 0 Å². The number of carbonyl (C=O) groups is 2. The normalized spacial score (nSPS) is 11.2. The minimum atomic E-state index is -1.11. The van der Waals surface area contributed by atoms with E-state index in [1.165, 1.54) is 12.1 Å². The predicted octanol–water partition coefficient (Wildman–Crippen LogP) is 3.81. The van der Waals surface area contributed by atoms with Crippen LogP contribution < -0.4 is 5.32 Å². The summed E-state index contributed by atoms with van der Waals surface area (Å²) in [7, 11) is 0. The van der Waals surface area contributed by atoms with Gasteiger partial charge in [0.25, 0.3) is 0 Å². The van der Waals surface area contributed by atoms with Crippen LogP contribution in [0, 0.1) is 11.2 Å². The second-order valence-corrected chi connectivity index (χ2v) is 5.47. The molecule has 0 unspecified atom stereocenters. The van der Waals surface area contributed by atoms with Crippen molar-refractivity contribution < 1.29 is 19.1 Å². The number of benzene rings is 1. The maximum atomic E-state index is 13.6. The molecule has 0 aliphatic rings. The first-order chi connectivity index (χ1) is 9.36. The van der Waals surface area contributed by atoms with Crippen LogP contribution in [0.2, 0.25) is 0 Å². The molecule has 0 atom stereocenters. The zero-order valence-corrected chi connectivity index (χ0v) is 13.0. The molecule has 0 aliphatic heterocycles. The van der Waals surface area contributed by atoms with Crippen LogP contribution in [0.5, 0.6) is 0 Å². The van der Waals surface area contributed by atoms with Crippen LogP contribution in [0.4, 0.5) is 10.1 Å². The molecule has 0 aliphatic carbocycles. The largest absolute Gasteiger partial charge is 0.481 e. The third kappa shape index (κ3) is 3.56. The molecule has 110 valence electrons. The summed E-state index contributed by atoms with van der Waals surface area (Å²) in [6.45, 7) is 3.45. The second kappa shape index (κ2) is 6.83. The standard InChI is InChI=1S/C14H17BrFNO3/c1-3-14(4-2,13(19)20)8-11(18)17-12-9(15)6-5-7-10(12)16/h5-7H,3-4,8H2,1-2H3,(H,17,18)(H,19,20). The highest BCUT2D eigenvalue weighted by Gasteiger charge is 2.37. The summed E-state index contributed by atoms with van der Waals surface area (Å²) in [5.74, 6) is -2.09. The van der Waals surface area contributed by atoms with E-state index in [4.69, 9.17) is 0 Å². The smallest absolute Gasteiger partial charge is 0.310 e. The molecule has 4 nitrogen and oxygen atoms in total. The zero-order valence-electron chi connectivity index (χ0n) is 11.4. The van der Waals surface area contributed by atoms with Gasteiger partial charge in [0, 0.05) is 10.9 Å². The van der Waals surface area contributed by atoms with Crippen LogP contribution in [0.3, 0.4) is 0 Å². The summed E-state index contributed by atoms with van der Waals surface area (Å²) < 4.78 is 14.0. The van der Waals surface area contributed by atoms with Crippen LogP contribution in [0.15, 0.2) is 22.7 Å². The summed E-state index contributed by atoms with van der Waals surface area (Å²) in [4.78, 5) is 23.3. The fraction of sp³-hybridized carbons (Fsp3) is 0.429. The summed E-state index contributed by atoms with van der Waals surface area (Å²) in [5, 5.41) is 11.7. The number of hydrogen-bond acceptors (Lipinski definition) is 2. The van der Waals surface area contributed by atoms with E-state index in [1.54, 1.807) is 19.9 Å². The number of carboxylic acids is 1. The fourth-order valence-electron chi connectivity index (χ4n) is 1.99. The number of rotatable bonds is 6. The van der Waals surface area contributed by atoms with Crippen LogP contribution in [0.1, 0.15) is 33.1 Å². The van der Waals surface area contributed by atoms with Crippen molar-refractivity contribution in [2.75, 3.05) is 5.32 Å². The fourth-order valence-corrected chi connectivity index (χ4v) is 2.43. The Labute approximate surface area is 125 Å². The van der Waals surface area contributed by atoms with Crippen LogP contribution in [0.25, 0.3) is 0 Å². The summed E-state index contributed by atoms with van der Waals surface area (Å²) >= 11 is 3.15. The number of carbonyl (C=O) groups excluding carboxylic acids is 1. The molecular weight excluding hydrogens is 329 g/mol. The first kappa shape index (κ1) is 16.6. The van der Waals surface area contributed by atoms with E-state index in [2.05, 4.69) is 21.2 Å². The van der Waals surface area contributed by atoms with Gasteiger partial charge in [-0.3, -0.25) is 9.59 Å². The Balaban J connectivity index is 2.89. The quantitative estimate of drug-likeness (QED) is 0.823. The number of carboxylic acid groups (broad SMARTS) is 1. The maximum absolute atomic E-state index is 13.6. The van der Waals surface area contributed by atoms with Gasteiger partial charge in [-0.1, -0.05) is 19.9 Å². The van der Waals surface area contributed by atoms with Crippen molar-refractivity contribution in [2.45, 2.75) is 33.1 Å². The lowest BCUT2D eigenvalue weighted by molar-refractivity contribution is -0.151. The lowest BCUT2D eigenvalue weighted by atomic mass is 9.79. The molecule has 2 N–H and O–H groups in total. The van der Waals surface area contributed by atoms with Crippen molar-refractivity contribution in [3.63, 3.8) is 0 Å². The second-order valence-electron chi connectivity index (χ2n) is 4.61. The topological polar surface area (TPSA) is 66.4 Å². The third-order valence-electron chi connectivity index (χ3n) is 3.53. The van der Waals surface area contributed by atoms with Crippen LogP contribution in [-0.4, -0.2) is 17.0 Å². The summed E-state index contributed by atoms with van der Waals surface area (Å²) in [5.41, 5.74) is -1.08. The number of amides is 1. The van der Waals surface area contributed by atoms with Gasteiger partial charge in [0.1, 0.15) is 5.82 Å². The Hall–Kier alpha value is -1.43. The van der Waals surface area contributed by atoms with Crippen LogP contribution in [-0.2, 0) is 9.59 Å². The van der Waals surface area contributed by atoms with Crippen molar-refractivity contribution in [3.05, 3.63) is 28.5 Å². The van der Waals surface area contributed by atoms with Gasteiger partial charge in [0.15, 0.2) is 0 Å². The highest BCUT2D eigenvalue weighted by atomic mass is 79.9. The van der Waals surface area contributed by atoms with E-state index in [-0.39, 0.29) is 12.1 Å². The zero-order chi connectivity index (χ0) is 15.3. The monoisotopic (exact) mass is 345 g/mol. The minimum Gasteiger partial charge on any atom is -0.481 e. The van der Waals surface area contributed by atoms with Gasteiger partial charge >= 0.3 is 5.97 Å². The van der Waals surface area contributed by atoms with Crippen molar-refractivity contribution >= 4 is 33.5 Å². The number of halogens is 2. The molecule has 1 aromatic rings. The van der Waals surface area contributed by atoms with Gasteiger partial charge in [-0.15, -0.1) is 0 Å². The molecule has 1 rings (SSSR count). The molecule has 20 heavy (non-hydrogen) atoms. The third-order valence-corrected chi connectivity index (χ3v) is 4.19. The van der Waals surface area contributed by atoms with Gasteiger partial charge in [-0.05, 0) is 40.9 Å². The SMILES string of the molecule is CCC(CC)(CC(=O)Nc1c(F)cccc1Br)C(=O)O. The van der Waals surface area contributed by atoms with E-state index in [0.29, 0.717) is 17.3 Å². The molecule has 0 aromatic heterocycles. The molecule has 0 saturated heterocycles.